The number of rotatable bonds is 4. The lowest BCUT2D eigenvalue weighted by atomic mass is 10.1. The summed E-state index contributed by atoms with van der Waals surface area (Å²) in [6.45, 7) is 2.77. The summed E-state index contributed by atoms with van der Waals surface area (Å²) in [5.74, 6) is 1.68. The van der Waals surface area contributed by atoms with E-state index in [1.807, 2.05) is 25.1 Å². The van der Waals surface area contributed by atoms with Gasteiger partial charge >= 0.3 is 0 Å². The Labute approximate surface area is 108 Å². The molecule has 0 radical (unpaired) electrons. The maximum Gasteiger partial charge on any atom is 0.155 e. The molecule has 0 aliphatic heterocycles. The summed E-state index contributed by atoms with van der Waals surface area (Å²) in [7, 11) is 1.66. The van der Waals surface area contributed by atoms with E-state index in [9.17, 15) is 0 Å². The van der Waals surface area contributed by atoms with Gasteiger partial charge in [-0.1, -0.05) is 15.9 Å². The van der Waals surface area contributed by atoms with Crippen molar-refractivity contribution in [2.45, 2.75) is 19.9 Å². The number of tetrazole rings is 1. The molecule has 1 heterocycles. The molecule has 1 aromatic heterocycles. The summed E-state index contributed by atoms with van der Waals surface area (Å²) >= 11 is 3.45. The molecule has 0 saturated carbocycles. The van der Waals surface area contributed by atoms with Gasteiger partial charge in [-0.2, -0.15) is 0 Å². The second-order valence-electron chi connectivity index (χ2n) is 3.54. The quantitative estimate of drug-likeness (QED) is 0.866. The van der Waals surface area contributed by atoms with Crippen molar-refractivity contribution in [2.75, 3.05) is 7.11 Å². The lowest BCUT2D eigenvalue weighted by Crippen LogP contribution is -2.05. The van der Waals surface area contributed by atoms with Crippen LogP contribution in [0.5, 0.6) is 5.75 Å². The summed E-state index contributed by atoms with van der Waals surface area (Å²) in [6, 6.07) is 5.90. The molecule has 2 rings (SSSR count). The number of aromatic nitrogens is 4. The third-order valence-corrected chi connectivity index (χ3v) is 2.99. The molecule has 0 bridgehead atoms. The summed E-state index contributed by atoms with van der Waals surface area (Å²) in [5, 5.41) is 11.6. The average Bonchev–Trinajstić information content (AvgIpc) is 2.77. The SMILES string of the molecule is CCn1nnnc1Cc1cc(Br)ccc1OC. The Morgan fingerprint density at radius 3 is 2.94 bits per heavy atom. The molecule has 1 aromatic carbocycles. The fourth-order valence-corrected chi connectivity index (χ4v) is 2.06. The summed E-state index contributed by atoms with van der Waals surface area (Å²) in [4.78, 5) is 0. The van der Waals surface area contributed by atoms with E-state index in [0.29, 0.717) is 6.42 Å². The van der Waals surface area contributed by atoms with Gasteiger partial charge < -0.3 is 4.74 Å². The minimum absolute atomic E-state index is 0.656. The van der Waals surface area contributed by atoms with Gasteiger partial charge in [0.15, 0.2) is 5.82 Å². The Morgan fingerprint density at radius 1 is 1.41 bits per heavy atom. The van der Waals surface area contributed by atoms with Crippen LogP contribution in [-0.4, -0.2) is 27.3 Å². The van der Waals surface area contributed by atoms with Crippen LogP contribution in [0.25, 0.3) is 0 Å². The topological polar surface area (TPSA) is 52.8 Å². The van der Waals surface area contributed by atoms with Crippen LogP contribution in [-0.2, 0) is 13.0 Å². The number of hydrogen-bond donors (Lipinski definition) is 0. The van der Waals surface area contributed by atoms with Crippen LogP contribution in [0.15, 0.2) is 22.7 Å². The predicted molar refractivity (Wildman–Crippen MR) is 67.0 cm³/mol. The first-order chi connectivity index (χ1) is 8.24. The summed E-state index contributed by atoms with van der Waals surface area (Å²) in [5.41, 5.74) is 1.06. The highest BCUT2D eigenvalue weighted by Gasteiger charge is 2.10. The molecule has 6 heteroatoms. The molecule has 0 amide bonds. The zero-order valence-corrected chi connectivity index (χ0v) is 11.3. The van der Waals surface area contributed by atoms with Crippen molar-refractivity contribution in [2.24, 2.45) is 0 Å². The van der Waals surface area contributed by atoms with E-state index in [0.717, 1.165) is 28.2 Å². The van der Waals surface area contributed by atoms with E-state index in [-0.39, 0.29) is 0 Å². The maximum atomic E-state index is 5.32. The van der Waals surface area contributed by atoms with E-state index in [1.165, 1.54) is 0 Å². The summed E-state index contributed by atoms with van der Waals surface area (Å²) < 4.78 is 8.12. The second-order valence-corrected chi connectivity index (χ2v) is 4.46. The van der Waals surface area contributed by atoms with Crippen LogP contribution < -0.4 is 4.74 Å². The normalized spacial score (nSPS) is 10.5. The van der Waals surface area contributed by atoms with Gasteiger partial charge in [-0.3, -0.25) is 0 Å². The van der Waals surface area contributed by atoms with Gasteiger partial charge in [-0.05, 0) is 35.5 Å². The molecule has 0 fully saturated rings. The molecule has 0 aliphatic carbocycles. The zero-order valence-electron chi connectivity index (χ0n) is 9.72. The van der Waals surface area contributed by atoms with Crippen molar-refractivity contribution >= 4 is 15.9 Å². The largest absolute Gasteiger partial charge is 0.496 e. The Morgan fingerprint density at radius 2 is 2.24 bits per heavy atom. The molecule has 0 atom stereocenters. The van der Waals surface area contributed by atoms with Crippen LogP contribution in [0.4, 0.5) is 0 Å². The molecule has 90 valence electrons. The molecule has 0 aliphatic rings. The smallest absolute Gasteiger partial charge is 0.155 e. The highest BCUT2D eigenvalue weighted by molar-refractivity contribution is 9.10. The van der Waals surface area contributed by atoms with E-state index in [2.05, 4.69) is 31.5 Å². The number of halogens is 1. The minimum atomic E-state index is 0.656. The van der Waals surface area contributed by atoms with Crippen LogP contribution >= 0.6 is 15.9 Å². The van der Waals surface area contributed by atoms with Crippen molar-refractivity contribution in [3.8, 4) is 5.75 Å². The van der Waals surface area contributed by atoms with Crippen LogP contribution in [0.3, 0.4) is 0 Å². The Hall–Kier alpha value is -1.43. The first-order valence-electron chi connectivity index (χ1n) is 5.32. The van der Waals surface area contributed by atoms with Crippen molar-refractivity contribution < 1.29 is 4.74 Å². The van der Waals surface area contributed by atoms with Gasteiger partial charge in [0.05, 0.1) is 7.11 Å². The van der Waals surface area contributed by atoms with E-state index < -0.39 is 0 Å². The highest BCUT2D eigenvalue weighted by Crippen LogP contribution is 2.24. The molecule has 0 spiro atoms. The minimum Gasteiger partial charge on any atom is -0.496 e. The van der Waals surface area contributed by atoms with Crippen LogP contribution in [0.2, 0.25) is 0 Å². The van der Waals surface area contributed by atoms with Crippen LogP contribution in [0.1, 0.15) is 18.3 Å². The Kier molecular flexibility index (Phi) is 3.73. The third kappa shape index (κ3) is 2.63. The lowest BCUT2D eigenvalue weighted by molar-refractivity contribution is 0.410. The van der Waals surface area contributed by atoms with Gasteiger partial charge in [-0.15, -0.1) is 5.10 Å². The molecular formula is C11H13BrN4O. The number of nitrogens with zero attached hydrogens (tertiary/aromatic N) is 4. The monoisotopic (exact) mass is 296 g/mol. The highest BCUT2D eigenvalue weighted by atomic mass is 79.9. The van der Waals surface area contributed by atoms with Gasteiger partial charge in [-0.25, -0.2) is 4.68 Å². The molecular weight excluding hydrogens is 284 g/mol. The van der Waals surface area contributed by atoms with Crippen LogP contribution in [0, 0.1) is 0 Å². The molecule has 5 nitrogen and oxygen atoms in total. The second kappa shape index (κ2) is 5.27. The first kappa shape index (κ1) is 12.0. The van der Waals surface area contributed by atoms with E-state index >= 15 is 0 Å². The number of benzene rings is 1. The number of ether oxygens (including phenoxy) is 1. The zero-order chi connectivity index (χ0) is 12.3. The lowest BCUT2D eigenvalue weighted by Gasteiger charge is -2.08. The number of methoxy groups -OCH3 is 1. The summed E-state index contributed by atoms with van der Waals surface area (Å²) in [6.07, 6.45) is 0.656. The van der Waals surface area contributed by atoms with Gasteiger partial charge in [0.1, 0.15) is 5.75 Å². The fourth-order valence-electron chi connectivity index (χ4n) is 1.65. The maximum absolute atomic E-state index is 5.32. The van der Waals surface area contributed by atoms with Gasteiger partial charge in [0.25, 0.3) is 0 Å². The third-order valence-electron chi connectivity index (χ3n) is 2.50. The molecule has 0 unspecified atom stereocenters. The first-order valence-corrected chi connectivity index (χ1v) is 6.11. The number of hydrogen-bond acceptors (Lipinski definition) is 4. The fraction of sp³-hybridized carbons (Fsp3) is 0.364. The van der Waals surface area contributed by atoms with Crippen molar-refractivity contribution in [3.05, 3.63) is 34.1 Å². The predicted octanol–water partition coefficient (Wildman–Crippen LogP) is 2.05. The van der Waals surface area contributed by atoms with Crippen molar-refractivity contribution in [3.63, 3.8) is 0 Å². The van der Waals surface area contributed by atoms with E-state index in [1.54, 1.807) is 11.8 Å². The number of aryl methyl sites for hydroxylation is 1. The molecule has 17 heavy (non-hydrogen) atoms. The molecule has 2 aromatic rings. The van der Waals surface area contributed by atoms with Crippen molar-refractivity contribution in [1.29, 1.82) is 0 Å². The molecule has 0 saturated heterocycles. The van der Waals surface area contributed by atoms with Gasteiger partial charge in [0.2, 0.25) is 0 Å². The Balaban J connectivity index is 2.32. The molecule has 0 N–H and O–H groups in total. The Bertz CT molecular complexity index is 512. The average molecular weight is 297 g/mol. The van der Waals surface area contributed by atoms with Gasteiger partial charge in [0, 0.05) is 23.0 Å². The van der Waals surface area contributed by atoms with E-state index in [4.69, 9.17) is 4.74 Å². The standard InChI is InChI=1S/C11H13BrN4O/c1-3-16-11(13-14-15-16)7-8-6-9(12)4-5-10(8)17-2/h4-6H,3,7H2,1-2H3. The van der Waals surface area contributed by atoms with Crippen molar-refractivity contribution in [1.82, 2.24) is 20.2 Å².